The monoisotopic (exact) mass is 392 g/mol. The maximum atomic E-state index is 12.5. The van der Waals surface area contributed by atoms with Crippen LogP contribution in [0, 0.1) is 6.92 Å². The second-order valence-electron chi connectivity index (χ2n) is 7.23. The first kappa shape index (κ1) is 18.7. The molecule has 0 unspecified atom stereocenters. The number of nitrogens with one attached hydrogen (secondary N) is 1. The summed E-state index contributed by atoms with van der Waals surface area (Å²) in [5, 5.41) is 12.5. The van der Waals surface area contributed by atoms with E-state index in [1.807, 2.05) is 29.8 Å². The molecule has 6 heteroatoms. The van der Waals surface area contributed by atoms with E-state index in [0.29, 0.717) is 5.75 Å². The second-order valence-corrected chi connectivity index (χ2v) is 8.18. The SMILES string of the molecule is Cc1cccc(-c2nnc(SCC(=O)N[C@H]3CCCc4ccccc43)n2C)c1. The average Bonchev–Trinajstić information content (AvgIpc) is 3.07. The highest BCUT2D eigenvalue weighted by molar-refractivity contribution is 7.99. The lowest BCUT2D eigenvalue weighted by Crippen LogP contribution is -2.32. The Kier molecular flexibility index (Phi) is 5.48. The van der Waals surface area contributed by atoms with E-state index in [4.69, 9.17) is 0 Å². The number of carbonyl (C=O) groups excluding carboxylic acids is 1. The number of carbonyl (C=O) groups is 1. The van der Waals surface area contributed by atoms with Crippen LogP contribution in [-0.4, -0.2) is 26.4 Å². The van der Waals surface area contributed by atoms with Gasteiger partial charge in [0.15, 0.2) is 11.0 Å². The van der Waals surface area contributed by atoms with E-state index in [9.17, 15) is 4.79 Å². The van der Waals surface area contributed by atoms with Crippen LogP contribution in [-0.2, 0) is 18.3 Å². The normalized spacial score (nSPS) is 15.9. The Hall–Kier alpha value is -2.60. The van der Waals surface area contributed by atoms with E-state index in [0.717, 1.165) is 35.8 Å². The molecular weight excluding hydrogens is 368 g/mol. The first-order valence-electron chi connectivity index (χ1n) is 9.58. The van der Waals surface area contributed by atoms with Crippen molar-refractivity contribution in [1.82, 2.24) is 20.1 Å². The predicted molar refractivity (Wildman–Crippen MR) is 112 cm³/mol. The molecule has 28 heavy (non-hydrogen) atoms. The zero-order valence-electron chi connectivity index (χ0n) is 16.2. The third-order valence-corrected chi connectivity index (χ3v) is 6.17. The van der Waals surface area contributed by atoms with Crippen molar-refractivity contribution in [3.8, 4) is 11.4 Å². The molecule has 3 aromatic rings. The molecule has 0 saturated heterocycles. The van der Waals surface area contributed by atoms with Gasteiger partial charge in [0.25, 0.3) is 0 Å². The van der Waals surface area contributed by atoms with Gasteiger partial charge in [-0.15, -0.1) is 10.2 Å². The van der Waals surface area contributed by atoms with Gasteiger partial charge in [-0.25, -0.2) is 0 Å². The molecule has 0 aliphatic heterocycles. The lowest BCUT2D eigenvalue weighted by atomic mass is 9.88. The Labute approximate surface area is 169 Å². The van der Waals surface area contributed by atoms with E-state index in [2.05, 4.69) is 52.8 Å². The minimum Gasteiger partial charge on any atom is -0.349 e. The van der Waals surface area contributed by atoms with Gasteiger partial charge in [-0.3, -0.25) is 4.79 Å². The van der Waals surface area contributed by atoms with Crippen molar-refractivity contribution in [3.63, 3.8) is 0 Å². The molecule has 4 rings (SSSR count). The van der Waals surface area contributed by atoms with Crippen LogP contribution in [0.25, 0.3) is 11.4 Å². The first-order chi connectivity index (χ1) is 13.6. The molecule has 0 bridgehead atoms. The van der Waals surface area contributed by atoms with Crippen LogP contribution in [0.1, 0.15) is 35.6 Å². The quantitative estimate of drug-likeness (QED) is 0.665. The summed E-state index contributed by atoms with van der Waals surface area (Å²) < 4.78 is 1.95. The lowest BCUT2D eigenvalue weighted by molar-refractivity contribution is -0.119. The van der Waals surface area contributed by atoms with Gasteiger partial charge in [-0.05, 0) is 43.4 Å². The fraction of sp³-hybridized carbons (Fsp3) is 0.318. The summed E-state index contributed by atoms with van der Waals surface area (Å²) in [7, 11) is 1.94. The van der Waals surface area contributed by atoms with Crippen molar-refractivity contribution in [3.05, 3.63) is 65.2 Å². The Morgan fingerprint density at radius 3 is 2.93 bits per heavy atom. The van der Waals surface area contributed by atoms with Crippen molar-refractivity contribution in [2.75, 3.05) is 5.75 Å². The first-order valence-corrected chi connectivity index (χ1v) is 10.6. The third kappa shape index (κ3) is 3.97. The van der Waals surface area contributed by atoms with Gasteiger partial charge in [0.1, 0.15) is 0 Å². The number of nitrogens with zero attached hydrogens (tertiary/aromatic N) is 3. The highest BCUT2D eigenvalue weighted by atomic mass is 32.2. The van der Waals surface area contributed by atoms with Gasteiger partial charge in [-0.2, -0.15) is 0 Å². The van der Waals surface area contributed by atoms with Gasteiger partial charge in [0.2, 0.25) is 5.91 Å². The highest BCUT2D eigenvalue weighted by Gasteiger charge is 2.21. The Morgan fingerprint density at radius 2 is 2.07 bits per heavy atom. The van der Waals surface area contributed by atoms with Gasteiger partial charge in [0.05, 0.1) is 11.8 Å². The number of aryl methyl sites for hydroxylation is 2. The predicted octanol–water partition coefficient (Wildman–Crippen LogP) is 4.08. The van der Waals surface area contributed by atoms with Crippen molar-refractivity contribution < 1.29 is 4.79 Å². The van der Waals surface area contributed by atoms with Crippen LogP contribution in [0.3, 0.4) is 0 Å². The molecule has 0 spiro atoms. The molecule has 1 aliphatic carbocycles. The molecule has 0 fully saturated rings. The average molecular weight is 393 g/mol. The van der Waals surface area contributed by atoms with Gasteiger partial charge < -0.3 is 9.88 Å². The molecule has 0 radical (unpaired) electrons. The molecule has 5 nitrogen and oxygen atoms in total. The maximum absolute atomic E-state index is 12.5. The molecule has 2 aromatic carbocycles. The van der Waals surface area contributed by atoms with Crippen molar-refractivity contribution in [2.24, 2.45) is 7.05 Å². The van der Waals surface area contributed by atoms with E-state index in [1.54, 1.807) is 0 Å². The summed E-state index contributed by atoms with van der Waals surface area (Å²) in [5.74, 6) is 1.18. The van der Waals surface area contributed by atoms with E-state index >= 15 is 0 Å². The van der Waals surface area contributed by atoms with E-state index in [1.165, 1.54) is 28.5 Å². The Morgan fingerprint density at radius 1 is 1.21 bits per heavy atom. The molecule has 1 aliphatic rings. The van der Waals surface area contributed by atoms with E-state index in [-0.39, 0.29) is 11.9 Å². The number of benzene rings is 2. The zero-order chi connectivity index (χ0) is 19.5. The van der Waals surface area contributed by atoms with Gasteiger partial charge >= 0.3 is 0 Å². The standard InChI is InChI=1S/C22H24N4OS/c1-15-7-5-10-17(13-15)21-24-25-22(26(21)2)28-14-20(27)23-19-12-6-9-16-8-3-4-11-18(16)19/h3-5,7-8,10-11,13,19H,6,9,12,14H2,1-2H3,(H,23,27)/t19-/m0/s1. The van der Waals surface area contributed by atoms with Crippen LogP contribution in [0.15, 0.2) is 53.7 Å². The molecule has 144 valence electrons. The van der Waals surface area contributed by atoms with Crippen LogP contribution < -0.4 is 5.32 Å². The summed E-state index contributed by atoms with van der Waals surface area (Å²) in [6, 6.07) is 16.7. The second kappa shape index (κ2) is 8.19. The van der Waals surface area contributed by atoms with E-state index < -0.39 is 0 Å². The van der Waals surface area contributed by atoms with Gasteiger partial charge in [-0.1, -0.05) is 59.8 Å². The number of aromatic nitrogens is 3. The van der Waals surface area contributed by atoms with Crippen molar-refractivity contribution >= 4 is 17.7 Å². The number of amides is 1. The highest BCUT2D eigenvalue weighted by Crippen LogP contribution is 2.30. The maximum Gasteiger partial charge on any atom is 0.230 e. The number of hydrogen-bond donors (Lipinski definition) is 1. The zero-order valence-corrected chi connectivity index (χ0v) is 17.0. The summed E-state index contributed by atoms with van der Waals surface area (Å²) in [4.78, 5) is 12.5. The molecule has 1 N–H and O–H groups in total. The number of rotatable bonds is 5. The molecule has 1 heterocycles. The Bertz CT molecular complexity index is 998. The number of thioether (sulfide) groups is 1. The smallest absolute Gasteiger partial charge is 0.230 e. The molecule has 1 amide bonds. The fourth-order valence-electron chi connectivity index (χ4n) is 3.75. The molecule has 1 atom stereocenters. The summed E-state index contributed by atoms with van der Waals surface area (Å²) in [5.41, 5.74) is 4.82. The molecule has 0 saturated carbocycles. The van der Waals surface area contributed by atoms with Crippen LogP contribution in [0.5, 0.6) is 0 Å². The largest absolute Gasteiger partial charge is 0.349 e. The summed E-state index contributed by atoms with van der Waals surface area (Å²) in [6.45, 7) is 2.06. The third-order valence-electron chi connectivity index (χ3n) is 5.15. The molecular formula is C22H24N4OS. The van der Waals surface area contributed by atoms with Crippen LogP contribution in [0.2, 0.25) is 0 Å². The van der Waals surface area contributed by atoms with Crippen LogP contribution >= 0.6 is 11.8 Å². The minimum absolute atomic E-state index is 0.0341. The summed E-state index contributed by atoms with van der Waals surface area (Å²) >= 11 is 1.42. The van der Waals surface area contributed by atoms with Crippen molar-refractivity contribution in [2.45, 2.75) is 37.4 Å². The molecule has 1 aromatic heterocycles. The van der Waals surface area contributed by atoms with Gasteiger partial charge in [0, 0.05) is 12.6 Å². The number of hydrogen-bond acceptors (Lipinski definition) is 4. The summed E-state index contributed by atoms with van der Waals surface area (Å²) in [6.07, 6.45) is 3.20. The topological polar surface area (TPSA) is 59.8 Å². The van der Waals surface area contributed by atoms with Crippen molar-refractivity contribution in [1.29, 1.82) is 0 Å². The lowest BCUT2D eigenvalue weighted by Gasteiger charge is -2.26. The minimum atomic E-state index is 0.0341. The van der Waals surface area contributed by atoms with Crippen LogP contribution in [0.4, 0.5) is 0 Å². The number of fused-ring (bicyclic) bond motifs is 1. The fourth-order valence-corrected chi connectivity index (χ4v) is 4.47. The Balaban J connectivity index is 1.40.